The number of phenolic OH excluding ortho intramolecular Hbond substituents is 1. The summed E-state index contributed by atoms with van der Waals surface area (Å²) in [5.41, 5.74) is 4.33. The van der Waals surface area contributed by atoms with Crippen molar-refractivity contribution >= 4 is 40.9 Å². The molecule has 0 aromatic heterocycles. The van der Waals surface area contributed by atoms with E-state index < -0.39 is 52.6 Å². The van der Waals surface area contributed by atoms with Crippen LogP contribution in [0.1, 0.15) is 35.4 Å². The highest BCUT2D eigenvalue weighted by molar-refractivity contribution is 6.30. The molecule has 8 rings (SSSR count). The van der Waals surface area contributed by atoms with E-state index in [1.165, 1.54) is 48.4 Å². The first-order valence-corrected chi connectivity index (χ1v) is 17.1. The number of likely N-dealkylation sites (tertiary alicyclic amines) is 1. The molecular weight excluding hydrogens is 673 g/mol. The number of hydrazine groups is 1. The fourth-order valence-electron chi connectivity index (χ4n) is 8.93. The summed E-state index contributed by atoms with van der Waals surface area (Å²) in [6.07, 6.45) is 2.34. The summed E-state index contributed by atoms with van der Waals surface area (Å²) < 4.78 is 19.7. The largest absolute Gasteiger partial charge is 0.508 e. The Hall–Kier alpha value is -5.48. The molecule has 51 heavy (non-hydrogen) atoms. The van der Waals surface area contributed by atoms with Crippen LogP contribution in [0, 0.1) is 29.5 Å². The molecule has 6 atom stereocenters. The average Bonchev–Trinajstić information content (AvgIpc) is 3.50. The molecule has 4 aromatic rings. The molecule has 0 unspecified atom stereocenters. The number of hydrogen-bond acceptors (Lipinski definition) is 7. The molecule has 4 aliphatic rings. The first-order chi connectivity index (χ1) is 24.6. The summed E-state index contributed by atoms with van der Waals surface area (Å²) in [5, 5.41) is 11.9. The summed E-state index contributed by atoms with van der Waals surface area (Å²) in [7, 11) is 1.46. The van der Waals surface area contributed by atoms with Crippen molar-refractivity contribution in [3.63, 3.8) is 0 Å². The number of anilines is 1. The Morgan fingerprint density at radius 3 is 2.33 bits per heavy atom. The molecule has 4 aromatic carbocycles. The van der Waals surface area contributed by atoms with Crippen LogP contribution < -0.4 is 10.2 Å². The lowest BCUT2D eigenvalue weighted by Crippen LogP contribution is -2.53. The molecule has 9 nitrogen and oxygen atoms in total. The highest BCUT2D eigenvalue weighted by Crippen LogP contribution is 2.65. The van der Waals surface area contributed by atoms with E-state index in [4.69, 9.17) is 16.3 Å². The second kappa shape index (κ2) is 12.4. The molecule has 258 valence electrons. The maximum absolute atomic E-state index is 15.2. The number of rotatable bonds is 7. The number of nitrogens with zero attached hydrogens (tertiary/aromatic N) is 2. The number of carbonyl (C=O) groups is 4. The van der Waals surface area contributed by atoms with Crippen LogP contribution in [-0.4, -0.2) is 45.8 Å². The number of nitrogens with one attached hydrogen (secondary N) is 1. The zero-order valence-electron chi connectivity index (χ0n) is 27.5. The van der Waals surface area contributed by atoms with Gasteiger partial charge in [-0.15, -0.1) is 0 Å². The van der Waals surface area contributed by atoms with Gasteiger partial charge in [0.15, 0.2) is 0 Å². The number of allylic oxidation sites excluding steroid dienone is 2. The summed E-state index contributed by atoms with van der Waals surface area (Å²) in [6.45, 7) is 0.133. The number of benzene rings is 4. The molecule has 0 bridgehead atoms. The highest BCUT2D eigenvalue weighted by atomic mass is 35.5. The fraction of sp³-hybridized carbons (Fsp3) is 0.250. The van der Waals surface area contributed by atoms with Gasteiger partial charge < -0.3 is 9.84 Å². The maximum Gasteiger partial charge on any atom is 0.260 e. The third-order valence-electron chi connectivity index (χ3n) is 11.1. The van der Waals surface area contributed by atoms with Crippen molar-refractivity contribution in [1.82, 2.24) is 9.91 Å². The summed E-state index contributed by atoms with van der Waals surface area (Å²) in [5.74, 6) is -5.70. The number of imide groups is 2. The molecule has 2 heterocycles. The highest BCUT2D eigenvalue weighted by Gasteiger charge is 2.70. The number of ether oxygens (including phenoxy) is 1. The van der Waals surface area contributed by atoms with Gasteiger partial charge in [-0.3, -0.25) is 29.5 Å². The molecule has 1 saturated carbocycles. The van der Waals surface area contributed by atoms with Crippen LogP contribution in [0.4, 0.5) is 10.1 Å². The number of methoxy groups -OCH3 is 1. The second-order valence-electron chi connectivity index (χ2n) is 13.5. The Labute approximate surface area is 298 Å². The topological polar surface area (TPSA) is 116 Å². The lowest BCUT2D eigenvalue weighted by molar-refractivity contribution is -0.142. The van der Waals surface area contributed by atoms with E-state index in [0.29, 0.717) is 27.6 Å². The minimum absolute atomic E-state index is 0.0562. The lowest BCUT2D eigenvalue weighted by atomic mass is 9.49. The van der Waals surface area contributed by atoms with Gasteiger partial charge in [0.25, 0.3) is 11.8 Å². The van der Waals surface area contributed by atoms with Gasteiger partial charge >= 0.3 is 0 Å². The lowest BCUT2D eigenvalue weighted by Gasteiger charge is -2.50. The van der Waals surface area contributed by atoms with E-state index in [9.17, 15) is 23.9 Å². The van der Waals surface area contributed by atoms with Crippen molar-refractivity contribution in [3.8, 4) is 11.5 Å². The van der Waals surface area contributed by atoms with E-state index in [0.717, 1.165) is 16.1 Å². The zero-order valence-corrected chi connectivity index (χ0v) is 28.2. The molecule has 0 spiro atoms. The molecule has 3 fully saturated rings. The van der Waals surface area contributed by atoms with Gasteiger partial charge in [-0.2, -0.15) is 5.01 Å². The molecular formula is C40H33ClFN3O6. The van der Waals surface area contributed by atoms with Gasteiger partial charge in [-0.05, 0) is 72.4 Å². The van der Waals surface area contributed by atoms with Crippen LogP contribution in [0.25, 0.3) is 0 Å². The Kier molecular flexibility index (Phi) is 7.94. The molecule has 11 heteroatoms. The van der Waals surface area contributed by atoms with Crippen LogP contribution in [-0.2, 0) is 31.1 Å². The zero-order chi connectivity index (χ0) is 35.6. The predicted molar refractivity (Wildman–Crippen MR) is 186 cm³/mol. The second-order valence-corrected chi connectivity index (χ2v) is 14.0. The number of aromatic hydroxyl groups is 1. The molecule has 0 radical (unpaired) electrons. The molecule has 4 amide bonds. The van der Waals surface area contributed by atoms with Crippen LogP contribution in [0.5, 0.6) is 11.5 Å². The Morgan fingerprint density at radius 1 is 0.902 bits per heavy atom. The predicted octanol–water partition coefficient (Wildman–Crippen LogP) is 6.38. The van der Waals surface area contributed by atoms with Crippen molar-refractivity contribution in [2.24, 2.45) is 23.7 Å². The maximum atomic E-state index is 15.2. The molecule has 2 aliphatic carbocycles. The van der Waals surface area contributed by atoms with E-state index in [2.05, 4.69) is 5.43 Å². The van der Waals surface area contributed by atoms with Crippen LogP contribution in [0.2, 0.25) is 5.02 Å². The Morgan fingerprint density at radius 2 is 1.63 bits per heavy atom. The van der Waals surface area contributed by atoms with Crippen molar-refractivity contribution in [3.05, 3.63) is 136 Å². The summed E-state index contributed by atoms with van der Waals surface area (Å²) in [6, 6.07) is 26.1. The number of halogens is 2. The van der Waals surface area contributed by atoms with Crippen molar-refractivity contribution < 1.29 is 33.4 Å². The summed E-state index contributed by atoms with van der Waals surface area (Å²) in [4.78, 5) is 59.6. The monoisotopic (exact) mass is 705 g/mol. The Bertz CT molecular complexity index is 2110. The third kappa shape index (κ3) is 5.03. The minimum atomic E-state index is -1.57. The van der Waals surface area contributed by atoms with Crippen LogP contribution in [0.3, 0.4) is 0 Å². The average molecular weight is 706 g/mol. The first kappa shape index (κ1) is 32.7. The van der Waals surface area contributed by atoms with Crippen molar-refractivity contribution in [2.75, 3.05) is 12.5 Å². The number of hydrogen-bond donors (Lipinski definition) is 2. The van der Waals surface area contributed by atoms with Gasteiger partial charge in [-0.25, -0.2) is 4.39 Å². The third-order valence-corrected chi connectivity index (χ3v) is 11.3. The van der Waals surface area contributed by atoms with Crippen molar-refractivity contribution in [1.29, 1.82) is 0 Å². The van der Waals surface area contributed by atoms with Gasteiger partial charge in [0.2, 0.25) is 11.8 Å². The first-order valence-electron chi connectivity index (χ1n) is 16.8. The van der Waals surface area contributed by atoms with Gasteiger partial charge in [0.1, 0.15) is 17.3 Å². The molecule has 2 saturated heterocycles. The number of carbonyl (C=O) groups excluding carboxylic acids is 4. The summed E-state index contributed by atoms with van der Waals surface area (Å²) >= 11 is 6.36. The quantitative estimate of drug-likeness (QED) is 0.169. The van der Waals surface area contributed by atoms with E-state index >= 15 is 4.79 Å². The fourth-order valence-corrected chi connectivity index (χ4v) is 9.05. The van der Waals surface area contributed by atoms with E-state index in [1.807, 2.05) is 36.4 Å². The minimum Gasteiger partial charge on any atom is -0.508 e. The molecule has 2 aliphatic heterocycles. The van der Waals surface area contributed by atoms with Crippen LogP contribution >= 0.6 is 11.6 Å². The van der Waals surface area contributed by atoms with Crippen LogP contribution in [0.15, 0.2) is 109 Å². The SMILES string of the molecule is COc1cc(O)ccc1[C@H]1C2=CC[C@@H]3C(=O)N(Cc4ccccc4)C(=O)[C@@H]3[C@@H]2C[C@H]2C(=O)N(Nc3ccc(F)cc3)C(=O)[C@@]12c1ccc(Cl)cc1. The number of amides is 4. The molecule has 2 N–H and O–H groups in total. The van der Waals surface area contributed by atoms with Gasteiger partial charge in [0.05, 0.1) is 42.5 Å². The van der Waals surface area contributed by atoms with E-state index in [-0.39, 0.29) is 37.0 Å². The number of fused-ring (bicyclic) bond motifs is 4. The van der Waals surface area contributed by atoms with Crippen molar-refractivity contribution in [2.45, 2.75) is 30.7 Å². The Balaban J connectivity index is 1.32. The normalized spacial score (nSPS) is 26.8. The van der Waals surface area contributed by atoms with Gasteiger partial charge in [-0.1, -0.05) is 71.8 Å². The smallest absolute Gasteiger partial charge is 0.260 e. The standard InChI is InChI=1S/C40H33ClFN3O6/c1-51-33-19-27(46)15-16-29(33)35-28-17-18-30-34(38(49)44(36(30)47)21-22-5-3-2-4-6-22)31(28)20-32-37(48)45(43-26-13-11-25(42)12-14-26)39(50)40(32,35)23-7-9-24(41)10-8-23/h2-17,19,30-32,34-35,43,46H,18,20-21H2,1H3/t30-,31+,32-,34-,35+,40+/m0/s1. The number of phenols is 1. The van der Waals surface area contributed by atoms with Gasteiger partial charge in [0, 0.05) is 22.6 Å². The van der Waals surface area contributed by atoms with E-state index in [1.54, 1.807) is 30.3 Å².